The van der Waals surface area contributed by atoms with Crippen LogP contribution in [-0.4, -0.2) is 11.3 Å². The van der Waals surface area contributed by atoms with Gasteiger partial charge in [0.05, 0.1) is 11.8 Å². The van der Waals surface area contributed by atoms with Gasteiger partial charge in [-0.3, -0.25) is 5.43 Å². The number of anilines is 1. The van der Waals surface area contributed by atoms with Crippen LogP contribution in [0.3, 0.4) is 0 Å². The normalized spacial score (nSPS) is 11.4. The van der Waals surface area contributed by atoms with Crippen molar-refractivity contribution in [3.05, 3.63) is 65.7 Å². The average molecular weight is 323 g/mol. The first-order valence-electron chi connectivity index (χ1n) is 6.27. The first-order valence-corrected chi connectivity index (χ1v) is 6.68. The Morgan fingerprint density at radius 1 is 1.00 bits per heavy atom. The Morgan fingerprint density at radius 2 is 1.64 bits per heavy atom. The molecule has 3 nitrogen and oxygen atoms in total. The lowest BCUT2D eigenvalue weighted by atomic mass is 10.2. The maximum atomic E-state index is 12.4. The van der Waals surface area contributed by atoms with Crippen LogP contribution < -0.4 is 10.7 Å². The van der Waals surface area contributed by atoms with Crippen molar-refractivity contribution in [2.75, 3.05) is 5.32 Å². The van der Waals surface area contributed by atoms with Crippen LogP contribution in [0, 0.1) is 0 Å². The van der Waals surface area contributed by atoms with Gasteiger partial charge in [-0.2, -0.15) is 18.3 Å². The van der Waals surface area contributed by atoms with Crippen LogP contribution in [0.15, 0.2) is 59.7 Å². The van der Waals surface area contributed by atoms with Crippen LogP contribution in [0.2, 0.25) is 0 Å². The zero-order chi connectivity index (χ0) is 16.0. The van der Waals surface area contributed by atoms with E-state index < -0.39 is 11.7 Å². The van der Waals surface area contributed by atoms with Gasteiger partial charge >= 0.3 is 6.18 Å². The topological polar surface area (TPSA) is 36.4 Å². The Kier molecular flexibility index (Phi) is 5.11. The Bertz CT molecular complexity index is 652. The summed E-state index contributed by atoms with van der Waals surface area (Å²) in [6.45, 7) is 0. The fraction of sp³-hybridized carbons (Fsp3) is 0.0667. The third-order valence-corrected chi connectivity index (χ3v) is 2.84. The molecular weight excluding hydrogens is 311 g/mol. The number of hydrogen-bond donors (Lipinski definition) is 2. The highest BCUT2D eigenvalue weighted by molar-refractivity contribution is 7.80. The smallest absolute Gasteiger partial charge is 0.331 e. The number of hydrazone groups is 1. The zero-order valence-electron chi connectivity index (χ0n) is 11.3. The van der Waals surface area contributed by atoms with Gasteiger partial charge in [0.1, 0.15) is 0 Å². The first kappa shape index (κ1) is 16.0. The van der Waals surface area contributed by atoms with Crippen molar-refractivity contribution in [1.82, 2.24) is 5.43 Å². The van der Waals surface area contributed by atoms with Crippen molar-refractivity contribution in [1.29, 1.82) is 0 Å². The van der Waals surface area contributed by atoms with Gasteiger partial charge in [0, 0.05) is 5.69 Å². The molecule has 7 heteroatoms. The SMILES string of the molecule is FC(F)(F)c1ccc(NC(=S)N/N=C/c2ccccc2)cc1. The number of rotatable bonds is 3. The highest BCUT2D eigenvalue weighted by Gasteiger charge is 2.29. The van der Waals surface area contributed by atoms with Crippen LogP contribution in [-0.2, 0) is 6.18 Å². The fourth-order valence-electron chi connectivity index (χ4n) is 1.61. The van der Waals surface area contributed by atoms with E-state index in [4.69, 9.17) is 12.2 Å². The van der Waals surface area contributed by atoms with Crippen LogP contribution >= 0.6 is 12.2 Å². The Hall–Kier alpha value is -2.41. The fourth-order valence-corrected chi connectivity index (χ4v) is 1.78. The molecule has 0 amide bonds. The third kappa shape index (κ3) is 4.85. The molecule has 2 rings (SSSR count). The van der Waals surface area contributed by atoms with Gasteiger partial charge in [-0.15, -0.1) is 0 Å². The van der Waals surface area contributed by atoms with Crippen LogP contribution in [0.25, 0.3) is 0 Å². The van der Waals surface area contributed by atoms with E-state index in [-0.39, 0.29) is 5.11 Å². The van der Waals surface area contributed by atoms with Crippen molar-refractivity contribution in [3.63, 3.8) is 0 Å². The largest absolute Gasteiger partial charge is 0.416 e. The number of hydrogen-bond acceptors (Lipinski definition) is 2. The van der Waals surface area contributed by atoms with Gasteiger partial charge in [-0.1, -0.05) is 30.3 Å². The molecule has 0 atom stereocenters. The van der Waals surface area contributed by atoms with E-state index in [0.717, 1.165) is 17.7 Å². The molecule has 2 aromatic rings. The number of benzene rings is 2. The van der Waals surface area contributed by atoms with Gasteiger partial charge in [0.2, 0.25) is 0 Å². The molecule has 0 radical (unpaired) electrons. The maximum Gasteiger partial charge on any atom is 0.416 e. The summed E-state index contributed by atoms with van der Waals surface area (Å²) in [5.41, 5.74) is 3.22. The quantitative estimate of drug-likeness (QED) is 0.509. The highest BCUT2D eigenvalue weighted by atomic mass is 32.1. The summed E-state index contributed by atoms with van der Waals surface area (Å²) in [4.78, 5) is 0. The van der Waals surface area contributed by atoms with E-state index in [2.05, 4.69) is 15.8 Å². The highest BCUT2D eigenvalue weighted by Crippen LogP contribution is 2.29. The lowest BCUT2D eigenvalue weighted by Gasteiger charge is -2.09. The van der Waals surface area contributed by atoms with Gasteiger partial charge in [0.15, 0.2) is 5.11 Å². The molecule has 0 fully saturated rings. The summed E-state index contributed by atoms with van der Waals surface area (Å²) in [5, 5.41) is 6.87. The molecule has 0 aliphatic heterocycles. The Labute approximate surface area is 130 Å². The molecule has 22 heavy (non-hydrogen) atoms. The van der Waals surface area contributed by atoms with Crippen molar-refractivity contribution < 1.29 is 13.2 Å². The molecule has 2 aromatic carbocycles. The van der Waals surface area contributed by atoms with Crippen molar-refractivity contribution in [2.45, 2.75) is 6.18 Å². The van der Waals surface area contributed by atoms with E-state index in [1.165, 1.54) is 12.1 Å². The second-order valence-corrected chi connectivity index (χ2v) is 4.72. The van der Waals surface area contributed by atoms with Crippen molar-refractivity contribution in [2.24, 2.45) is 5.10 Å². The molecule has 0 saturated heterocycles. The van der Waals surface area contributed by atoms with Gasteiger partial charge in [-0.25, -0.2) is 0 Å². The van der Waals surface area contributed by atoms with Crippen LogP contribution in [0.5, 0.6) is 0 Å². The molecule has 0 aliphatic carbocycles. The van der Waals surface area contributed by atoms with E-state index >= 15 is 0 Å². The molecule has 0 bridgehead atoms. The predicted octanol–water partition coefficient (Wildman–Crippen LogP) is 4.03. The Balaban J connectivity index is 1.88. The summed E-state index contributed by atoms with van der Waals surface area (Å²) < 4.78 is 37.3. The van der Waals surface area contributed by atoms with Crippen LogP contribution in [0.1, 0.15) is 11.1 Å². The van der Waals surface area contributed by atoms with E-state index in [0.29, 0.717) is 5.69 Å². The molecular formula is C15H12F3N3S. The molecule has 0 saturated carbocycles. The predicted molar refractivity (Wildman–Crippen MR) is 84.8 cm³/mol. The minimum Gasteiger partial charge on any atom is -0.331 e. The first-order chi connectivity index (χ1) is 10.4. The molecule has 114 valence electrons. The lowest BCUT2D eigenvalue weighted by Crippen LogP contribution is -2.23. The Morgan fingerprint density at radius 3 is 2.23 bits per heavy atom. The van der Waals surface area contributed by atoms with E-state index in [1.807, 2.05) is 30.3 Å². The second kappa shape index (κ2) is 7.04. The summed E-state index contributed by atoms with van der Waals surface area (Å²) in [5.74, 6) is 0. The van der Waals surface area contributed by atoms with Crippen LogP contribution in [0.4, 0.5) is 18.9 Å². The molecule has 0 aromatic heterocycles. The number of thiocarbonyl (C=S) groups is 1. The summed E-state index contributed by atoms with van der Waals surface area (Å²) >= 11 is 5.00. The lowest BCUT2D eigenvalue weighted by molar-refractivity contribution is -0.137. The third-order valence-electron chi connectivity index (χ3n) is 2.65. The van der Waals surface area contributed by atoms with Gasteiger partial charge < -0.3 is 5.32 Å². The summed E-state index contributed by atoms with van der Waals surface area (Å²) in [7, 11) is 0. The van der Waals surface area contributed by atoms with Gasteiger partial charge in [-0.05, 0) is 42.0 Å². The molecule has 0 aliphatic rings. The molecule has 0 spiro atoms. The van der Waals surface area contributed by atoms with E-state index in [1.54, 1.807) is 6.21 Å². The minimum absolute atomic E-state index is 0.187. The average Bonchev–Trinajstić information content (AvgIpc) is 2.48. The van der Waals surface area contributed by atoms with E-state index in [9.17, 15) is 13.2 Å². The minimum atomic E-state index is -4.35. The standard InChI is InChI=1S/C15H12F3N3S/c16-15(17,18)12-6-8-13(9-7-12)20-14(22)21-19-10-11-4-2-1-3-5-11/h1-10H,(H2,20,21,22)/b19-10+. The number of nitrogens with zero attached hydrogens (tertiary/aromatic N) is 1. The molecule has 0 heterocycles. The number of nitrogens with one attached hydrogen (secondary N) is 2. The number of halogens is 3. The number of alkyl halides is 3. The molecule has 2 N–H and O–H groups in total. The maximum absolute atomic E-state index is 12.4. The molecule has 0 unspecified atom stereocenters. The van der Waals surface area contributed by atoms with Crippen molar-refractivity contribution in [3.8, 4) is 0 Å². The zero-order valence-corrected chi connectivity index (χ0v) is 12.1. The monoisotopic (exact) mass is 323 g/mol. The summed E-state index contributed by atoms with van der Waals surface area (Å²) in [6, 6.07) is 14.0. The second-order valence-electron chi connectivity index (χ2n) is 4.31. The van der Waals surface area contributed by atoms with Crippen molar-refractivity contribution >= 4 is 29.2 Å². The summed E-state index contributed by atoms with van der Waals surface area (Å²) in [6.07, 6.45) is -2.77. The van der Waals surface area contributed by atoms with Gasteiger partial charge in [0.25, 0.3) is 0 Å².